The van der Waals surface area contributed by atoms with Crippen LogP contribution in [-0.4, -0.2) is 30.1 Å². The van der Waals surface area contributed by atoms with Gasteiger partial charge in [-0.15, -0.1) is 5.10 Å². The average Bonchev–Trinajstić information content (AvgIpc) is 3.51. The van der Waals surface area contributed by atoms with Crippen molar-refractivity contribution < 1.29 is 4.42 Å². The standard InChI is InChI=1S/C26H34N6O2/c1-6-10-22(24-28-29-30-32(24)26(4,5)7-2)31(17-21-13-9-14-34-21)16-20-15-19-12-8-11-18(3)23(19)27-25(20)33/h8-9,11-15,22H,6-7,10,16-17H2,1-5H3,(H,27,33)/t22-/m0/s1. The number of furan rings is 1. The van der Waals surface area contributed by atoms with Crippen LogP contribution < -0.4 is 5.56 Å². The van der Waals surface area contributed by atoms with E-state index in [0.29, 0.717) is 18.7 Å². The number of rotatable bonds is 10. The van der Waals surface area contributed by atoms with Crippen molar-refractivity contribution in [1.82, 2.24) is 30.1 Å². The molecule has 0 aliphatic carbocycles. The van der Waals surface area contributed by atoms with Crippen LogP contribution >= 0.6 is 0 Å². The monoisotopic (exact) mass is 462 g/mol. The number of para-hydroxylation sites is 1. The molecule has 3 heterocycles. The van der Waals surface area contributed by atoms with E-state index in [1.807, 2.05) is 48.0 Å². The lowest BCUT2D eigenvalue weighted by Crippen LogP contribution is -2.36. The van der Waals surface area contributed by atoms with Gasteiger partial charge in [-0.3, -0.25) is 9.69 Å². The molecule has 34 heavy (non-hydrogen) atoms. The molecule has 0 aliphatic rings. The molecule has 8 nitrogen and oxygen atoms in total. The summed E-state index contributed by atoms with van der Waals surface area (Å²) in [5, 5.41) is 13.9. The van der Waals surface area contributed by atoms with Crippen molar-refractivity contribution >= 4 is 10.9 Å². The summed E-state index contributed by atoms with van der Waals surface area (Å²) < 4.78 is 7.64. The molecule has 0 saturated carbocycles. The second kappa shape index (κ2) is 9.93. The fraction of sp³-hybridized carbons (Fsp3) is 0.462. The van der Waals surface area contributed by atoms with E-state index in [1.165, 1.54) is 0 Å². The minimum absolute atomic E-state index is 0.0741. The Kier molecular flexibility index (Phi) is 6.97. The number of hydrogen-bond acceptors (Lipinski definition) is 6. The SMILES string of the molecule is CCC[C@@H](c1nnnn1C(C)(C)CC)N(Cc1ccco1)Cc1cc2cccc(C)c2[nH]c1=O. The largest absolute Gasteiger partial charge is 0.468 e. The first kappa shape index (κ1) is 23.9. The van der Waals surface area contributed by atoms with Gasteiger partial charge in [0.2, 0.25) is 0 Å². The van der Waals surface area contributed by atoms with Gasteiger partial charge in [0, 0.05) is 12.1 Å². The summed E-state index contributed by atoms with van der Waals surface area (Å²) in [6.45, 7) is 11.6. The number of nitrogens with one attached hydrogen (secondary N) is 1. The highest BCUT2D eigenvalue weighted by Gasteiger charge is 2.32. The normalized spacial score (nSPS) is 13.1. The van der Waals surface area contributed by atoms with Gasteiger partial charge in [-0.1, -0.05) is 38.5 Å². The summed E-state index contributed by atoms with van der Waals surface area (Å²) in [6, 6.07) is 11.8. The minimum Gasteiger partial charge on any atom is -0.468 e. The maximum Gasteiger partial charge on any atom is 0.252 e. The molecule has 0 bridgehead atoms. The second-order valence-electron chi connectivity index (χ2n) is 9.57. The molecule has 1 aromatic carbocycles. The molecule has 0 aliphatic heterocycles. The molecule has 180 valence electrons. The Hall–Kier alpha value is -3.26. The number of H-pyrrole nitrogens is 1. The van der Waals surface area contributed by atoms with Crippen molar-refractivity contribution in [2.24, 2.45) is 0 Å². The Morgan fingerprint density at radius 3 is 2.71 bits per heavy atom. The summed E-state index contributed by atoms with van der Waals surface area (Å²) in [4.78, 5) is 18.5. The van der Waals surface area contributed by atoms with E-state index >= 15 is 0 Å². The maximum atomic E-state index is 13.1. The van der Waals surface area contributed by atoms with Crippen molar-refractivity contribution in [2.45, 2.75) is 78.6 Å². The molecule has 1 N–H and O–H groups in total. The summed E-state index contributed by atoms with van der Waals surface area (Å²) in [5.41, 5.74) is 2.35. The first-order valence-electron chi connectivity index (χ1n) is 12.0. The van der Waals surface area contributed by atoms with E-state index in [4.69, 9.17) is 4.42 Å². The van der Waals surface area contributed by atoms with E-state index in [1.54, 1.807) is 6.26 Å². The molecule has 0 spiro atoms. The molecule has 0 fully saturated rings. The van der Waals surface area contributed by atoms with Crippen LogP contribution in [0.25, 0.3) is 10.9 Å². The quantitative estimate of drug-likeness (QED) is 0.352. The first-order chi connectivity index (χ1) is 16.3. The lowest BCUT2D eigenvalue weighted by atomic mass is 10.0. The fourth-order valence-corrected chi connectivity index (χ4v) is 4.37. The van der Waals surface area contributed by atoms with Crippen LogP contribution in [0.5, 0.6) is 0 Å². The Bertz CT molecular complexity index is 1290. The third kappa shape index (κ3) is 4.82. The Morgan fingerprint density at radius 1 is 1.18 bits per heavy atom. The van der Waals surface area contributed by atoms with Crippen LogP contribution in [0.15, 0.2) is 51.9 Å². The smallest absolute Gasteiger partial charge is 0.252 e. The number of aromatic nitrogens is 5. The van der Waals surface area contributed by atoms with Crippen LogP contribution in [-0.2, 0) is 18.6 Å². The van der Waals surface area contributed by atoms with E-state index in [0.717, 1.165) is 47.3 Å². The van der Waals surface area contributed by atoms with Gasteiger partial charge in [-0.2, -0.15) is 0 Å². The highest BCUT2D eigenvalue weighted by atomic mass is 16.3. The predicted octanol–water partition coefficient (Wildman–Crippen LogP) is 5.10. The molecule has 4 aromatic rings. The third-order valence-corrected chi connectivity index (χ3v) is 6.71. The number of nitrogens with zero attached hydrogens (tertiary/aromatic N) is 5. The topological polar surface area (TPSA) is 92.8 Å². The molecule has 0 amide bonds. The highest BCUT2D eigenvalue weighted by Crippen LogP contribution is 2.31. The number of hydrogen-bond donors (Lipinski definition) is 1. The van der Waals surface area contributed by atoms with Crippen LogP contribution in [0.4, 0.5) is 0 Å². The van der Waals surface area contributed by atoms with Gasteiger partial charge in [-0.25, -0.2) is 4.68 Å². The molecule has 8 heteroatoms. The van der Waals surface area contributed by atoms with Crippen LogP contribution in [0.3, 0.4) is 0 Å². The molecular formula is C26H34N6O2. The first-order valence-corrected chi connectivity index (χ1v) is 12.0. The van der Waals surface area contributed by atoms with Crippen LogP contribution in [0.2, 0.25) is 0 Å². The number of tetrazole rings is 1. The van der Waals surface area contributed by atoms with Gasteiger partial charge in [0.15, 0.2) is 5.82 Å². The van der Waals surface area contributed by atoms with E-state index in [-0.39, 0.29) is 17.1 Å². The van der Waals surface area contributed by atoms with Gasteiger partial charge < -0.3 is 9.40 Å². The summed E-state index contributed by atoms with van der Waals surface area (Å²) >= 11 is 0. The van der Waals surface area contributed by atoms with E-state index in [9.17, 15) is 4.79 Å². The molecular weight excluding hydrogens is 428 g/mol. The third-order valence-electron chi connectivity index (χ3n) is 6.71. The van der Waals surface area contributed by atoms with Crippen LogP contribution in [0.1, 0.15) is 75.7 Å². The van der Waals surface area contributed by atoms with Crippen molar-refractivity contribution in [2.75, 3.05) is 0 Å². The fourth-order valence-electron chi connectivity index (χ4n) is 4.37. The van der Waals surface area contributed by atoms with Gasteiger partial charge in [0.1, 0.15) is 5.76 Å². The Labute approximate surface area is 200 Å². The minimum atomic E-state index is -0.223. The maximum absolute atomic E-state index is 13.1. The molecule has 0 saturated heterocycles. The number of fused-ring (bicyclic) bond motifs is 1. The zero-order chi connectivity index (χ0) is 24.3. The number of pyridine rings is 1. The van der Waals surface area contributed by atoms with Crippen molar-refractivity contribution in [3.63, 3.8) is 0 Å². The molecule has 0 unspecified atom stereocenters. The Morgan fingerprint density at radius 2 is 2.00 bits per heavy atom. The lowest BCUT2D eigenvalue weighted by molar-refractivity contribution is 0.135. The van der Waals surface area contributed by atoms with Gasteiger partial charge in [0.05, 0.1) is 29.9 Å². The average molecular weight is 463 g/mol. The van der Waals surface area contributed by atoms with Gasteiger partial charge in [0.25, 0.3) is 5.56 Å². The van der Waals surface area contributed by atoms with Crippen molar-refractivity contribution in [1.29, 1.82) is 0 Å². The molecule has 1 atom stereocenters. The highest BCUT2D eigenvalue weighted by molar-refractivity contribution is 5.81. The van der Waals surface area contributed by atoms with Crippen molar-refractivity contribution in [3.8, 4) is 0 Å². The molecule has 3 aromatic heterocycles. The Balaban J connectivity index is 1.78. The summed E-state index contributed by atoms with van der Waals surface area (Å²) in [6.07, 6.45) is 4.38. The zero-order valence-corrected chi connectivity index (χ0v) is 20.7. The lowest BCUT2D eigenvalue weighted by Gasteiger charge is -2.33. The zero-order valence-electron chi connectivity index (χ0n) is 20.7. The van der Waals surface area contributed by atoms with E-state index in [2.05, 4.69) is 53.1 Å². The number of aryl methyl sites for hydroxylation is 1. The van der Waals surface area contributed by atoms with Crippen LogP contribution in [0, 0.1) is 6.92 Å². The van der Waals surface area contributed by atoms with Gasteiger partial charge >= 0.3 is 0 Å². The molecule has 4 rings (SSSR count). The molecule has 0 radical (unpaired) electrons. The number of aromatic amines is 1. The summed E-state index contributed by atoms with van der Waals surface area (Å²) in [5.74, 6) is 1.65. The second-order valence-corrected chi connectivity index (χ2v) is 9.57. The predicted molar refractivity (Wildman–Crippen MR) is 132 cm³/mol. The number of benzene rings is 1. The van der Waals surface area contributed by atoms with Crippen molar-refractivity contribution in [3.05, 3.63) is 75.7 Å². The summed E-state index contributed by atoms with van der Waals surface area (Å²) in [7, 11) is 0. The van der Waals surface area contributed by atoms with E-state index < -0.39 is 0 Å². The van der Waals surface area contributed by atoms with Gasteiger partial charge in [-0.05, 0) is 73.2 Å².